The first-order valence-corrected chi connectivity index (χ1v) is 13.8. The lowest BCUT2D eigenvalue weighted by molar-refractivity contribution is -0.152. The highest BCUT2D eigenvalue weighted by atomic mass is 16.6. The number of rotatable bonds is 7. The van der Waals surface area contributed by atoms with Crippen molar-refractivity contribution < 1.29 is 24.2 Å². The minimum atomic E-state index is -1.34. The van der Waals surface area contributed by atoms with Crippen LogP contribution in [0.25, 0.3) is 0 Å². The molecule has 0 fully saturated rings. The van der Waals surface area contributed by atoms with Gasteiger partial charge in [-0.15, -0.1) is 0 Å². The number of para-hydroxylation sites is 2. The van der Waals surface area contributed by atoms with E-state index >= 15 is 0 Å². The summed E-state index contributed by atoms with van der Waals surface area (Å²) in [5.41, 5.74) is 2.10. The van der Waals surface area contributed by atoms with Gasteiger partial charge in [0.2, 0.25) is 0 Å². The van der Waals surface area contributed by atoms with E-state index in [1.54, 1.807) is 48.5 Å². The lowest BCUT2D eigenvalue weighted by Gasteiger charge is -2.31. The van der Waals surface area contributed by atoms with Crippen LogP contribution < -0.4 is 9.47 Å². The summed E-state index contributed by atoms with van der Waals surface area (Å²) >= 11 is 0. The second-order valence-corrected chi connectivity index (χ2v) is 12.3. The van der Waals surface area contributed by atoms with Crippen LogP contribution in [0.3, 0.4) is 0 Å². The molecule has 0 amide bonds. The van der Waals surface area contributed by atoms with E-state index in [9.17, 15) is 14.7 Å². The number of ether oxygens (including phenoxy) is 2. The van der Waals surface area contributed by atoms with E-state index in [-0.39, 0.29) is 5.75 Å². The van der Waals surface area contributed by atoms with E-state index in [2.05, 4.69) is 0 Å². The van der Waals surface area contributed by atoms with Gasteiger partial charge in [0, 0.05) is 5.92 Å². The summed E-state index contributed by atoms with van der Waals surface area (Å²) in [4.78, 5) is 28.0. The molecule has 41 heavy (non-hydrogen) atoms. The van der Waals surface area contributed by atoms with Crippen molar-refractivity contribution in [3.05, 3.63) is 125 Å². The molecule has 0 spiro atoms. The van der Waals surface area contributed by atoms with Crippen molar-refractivity contribution in [3.8, 4) is 17.2 Å². The zero-order valence-electron chi connectivity index (χ0n) is 24.5. The van der Waals surface area contributed by atoms with Gasteiger partial charge in [-0.25, -0.2) is 0 Å². The number of carbonyl (C=O) groups excluding carboxylic acids is 2. The molecular weight excluding hydrogens is 512 g/mol. The van der Waals surface area contributed by atoms with Crippen LogP contribution in [0.4, 0.5) is 0 Å². The lowest BCUT2D eigenvalue weighted by Crippen LogP contribution is -2.37. The number of carbonyl (C=O) groups is 2. The molecule has 5 heteroatoms. The lowest BCUT2D eigenvalue weighted by atomic mass is 9.73. The summed E-state index contributed by atoms with van der Waals surface area (Å²) in [5, 5.41) is 11.4. The van der Waals surface area contributed by atoms with Gasteiger partial charge in [-0.05, 0) is 57.3 Å². The van der Waals surface area contributed by atoms with Crippen LogP contribution in [0.2, 0.25) is 0 Å². The van der Waals surface area contributed by atoms with E-state index in [0.29, 0.717) is 17.1 Å². The maximum Gasteiger partial charge on any atom is 0.326 e. The van der Waals surface area contributed by atoms with Gasteiger partial charge in [-0.1, -0.05) is 120 Å². The van der Waals surface area contributed by atoms with E-state index in [1.807, 2.05) is 96.1 Å². The van der Waals surface area contributed by atoms with Gasteiger partial charge < -0.3 is 14.6 Å². The molecule has 4 aromatic rings. The van der Waals surface area contributed by atoms with Crippen molar-refractivity contribution >= 4 is 11.9 Å². The van der Waals surface area contributed by atoms with Crippen molar-refractivity contribution in [1.82, 2.24) is 0 Å². The zero-order chi connectivity index (χ0) is 29.8. The van der Waals surface area contributed by atoms with Gasteiger partial charge in [0.1, 0.15) is 17.2 Å². The van der Waals surface area contributed by atoms with Crippen molar-refractivity contribution in [2.45, 2.75) is 58.3 Å². The fourth-order valence-electron chi connectivity index (χ4n) is 4.92. The molecule has 0 unspecified atom stereocenters. The van der Waals surface area contributed by atoms with Crippen molar-refractivity contribution in [1.29, 1.82) is 0 Å². The monoisotopic (exact) mass is 550 g/mol. The Morgan fingerprint density at radius 2 is 0.951 bits per heavy atom. The third-order valence-corrected chi connectivity index (χ3v) is 7.03. The molecule has 0 aliphatic carbocycles. The molecule has 212 valence electrons. The summed E-state index contributed by atoms with van der Waals surface area (Å²) in [7, 11) is 0. The van der Waals surface area contributed by atoms with Crippen LogP contribution in [0.5, 0.6) is 17.2 Å². The van der Waals surface area contributed by atoms with Crippen molar-refractivity contribution in [2.24, 2.45) is 5.92 Å². The Morgan fingerprint density at radius 1 is 0.585 bits per heavy atom. The highest BCUT2D eigenvalue weighted by Gasteiger charge is 2.41. The molecule has 4 rings (SSSR count). The van der Waals surface area contributed by atoms with Gasteiger partial charge in [0.25, 0.3) is 0 Å². The fraction of sp³-hybridized carbons (Fsp3) is 0.278. The largest absolute Gasteiger partial charge is 0.507 e. The minimum absolute atomic E-state index is 0.218. The molecule has 4 aromatic carbocycles. The average molecular weight is 551 g/mol. The Bertz CT molecular complexity index is 1390. The highest BCUT2D eigenvalue weighted by Crippen LogP contribution is 2.44. The first-order valence-electron chi connectivity index (χ1n) is 13.8. The van der Waals surface area contributed by atoms with E-state index in [1.165, 1.54) is 0 Å². The summed E-state index contributed by atoms with van der Waals surface area (Å²) in [6.45, 7) is 12.2. The zero-order valence-corrected chi connectivity index (χ0v) is 24.5. The van der Waals surface area contributed by atoms with Gasteiger partial charge in [0.05, 0.1) is 0 Å². The molecule has 0 radical (unpaired) electrons. The molecule has 1 atom stereocenters. The summed E-state index contributed by atoms with van der Waals surface area (Å²) in [6, 6.07) is 30.6. The quantitative estimate of drug-likeness (QED) is 0.144. The molecule has 1 N–H and O–H groups in total. The van der Waals surface area contributed by atoms with Crippen molar-refractivity contribution in [2.75, 3.05) is 0 Å². The highest BCUT2D eigenvalue weighted by molar-refractivity contribution is 5.98. The first kappa shape index (κ1) is 29.6. The second kappa shape index (κ2) is 12.0. The third kappa shape index (κ3) is 7.04. The maximum absolute atomic E-state index is 14.0. The van der Waals surface area contributed by atoms with Gasteiger partial charge in [-0.3, -0.25) is 9.59 Å². The van der Waals surface area contributed by atoms with Crippen molar-refractivity contribution in [3.63, 3.8) is 0 Å². The van der Waals surface area contributed by atoms with Gasteiger partial charge in [-0.2, -0.15) is 0 Å². The molecule has 0 saturated heterocycles. The molecular formula is C36H38O5. The smallest absolute Gasteiger partial charge is 0.326 e. The molecule has 0 aliphatic heterocycles. The van der Waals surface area contributed by atoms with Crippen LogP contribution in [-0.2, 0) is 20.4 Å². The van der Waals surface area contributed by atoms with E-state index in [0.717, 1.165) is 16.7 Å². The van der Waals surface area contributed by atoms with Crippen LogP contribution in [0, 0.1) is 5.92 Å². The molecule has 0 aromatic heterocycles. The Morgan fingerprint density at radius 3 is 1.32 bits per heavy atom. The number of phenolic OH excluding ortho intramolecular Hbond substituents is 1. The molecule has 0 heterocycles. The SMILES string of the molecule is CC(C)(C)c1cc([C@@H](c2ccccc2)C(C(=O)Oc2ccccc2)C(=O)Oc2ccccc2)cc(C(C)(C)C)c1O. The number of hydrogen-bond donors (Lipinski definition) is 1. The van der Waals surface area contributed by atoms with Crippen LogP contribution in [0.1, 0.15) is 69.7 Å². The van der Waals surface area contributed by atoms with Gasteiger partial charge >= 0.3 is 11.9 Å². The summed E-state index contributed by atoms with van der Waals surface area (Å²) in [5.74, 6) is -2.68. The number of phenols is 1. The maximum atomic E-state index is 14.0. The Labute approximate surface area is 242 Å². The molecule has 5 nitrogen and oxygen atoms in total. The molecule has 0 saturated carbocycles. The van der Waals surface area contributed by atoms with Crippen LogP contribution >= 0.6 is 0 Å². The average Bonchev–Trinajstić information content (AvgIpc) is 2.92. The first-order chi connectivity index (χ1) is 19.4. The second-order valence-electron chi connectivity index (χ2n) is 12.3. The van der Waals surface area contributed by atoms with Crippen LogP contribution in [0.15, 0.2) is 103 Å². The Balaban J connectivity index is 1.95. The number of hydrogen-bond acceptors (Lipinski definition) is 5. The molecule has 0 bridgehead atoms. The summed E-state index contributed by atoms with van der Waals surface area (Å²) in [6.07, 6.45) is 0. The third-order valence-electron chi connectivity index (χ3n) is 7.03. The molecule has 0 aliphatic rings. The van der Waals surface area contributed by atoms with E-state index in [4.69, 9.17) is 9.47 Å². The topological polar surface area (TPSA) is 72.8 Å². The minimum Gasteiger partial charge on any atom is -0.507 e. The van der Waals surface area contributed by atoms with Gasteiger partial charge in [0.15, 0.2) is 5.92 Å². The number of aromatic hydroxyl groups is 1. The standard InChI is InChI=1S/C36H38O5/c1-35(2,3)28-22-25(23-29(32(28)37)36(4,5)6)30(24-16-10-7-11-17-24)31(33(38)40-26-18-12-8-13-19-26)34(39)41-27-20-14-9-15-21-27/h7-23,30-31,37H,1-6H3/t30-/m1/s1. The predicted molar refractivity (Wildman–Crippen MR) is 161 cm³/mol. The summed E-state index contributed by atoms with van der Waals surface area (Å²) < 4.78 is 11.6. The Kier molecular flexibility index (Phi) is 8.67. The van der Waals surface area contributed by atoms with Crippen LogP contribution in [-0.4, -0.2) is 17.0 Å². The Hall–Kier alpha value is -4.38. The number of benzene rings is 4. The number of esters is 2. The normalized spacial score (nSPS) is 12.6. The van der Waals surface area contributed by atoms with E-state index < -0.39 is 34.6 Å². The predicted octanol–water partition coefficient (Wildman–Crippen LogP) is 7.95. The fourth-order valence-corrected chi connectivity index (χ4v) is 4.92.